The molecule has 0 N–H and O–H groups in total. The molecule has 2 fully saturated rings. The molecule has 0 aromatic rings. The topological polar surface area (TPSA) is 36.9 Å². The van der Waals surface area contributed by atoms with E-state index in [1.807, 2.05) is 0 Å². The van der Waals surface area contributed by atoms with Gasteiger partial charge in [0.05, 0.1) is 32.3 Å². The molecule has 25 heavy (non-hydrogen) atoms. The fraction of sp³-hybridized carbons (Fsp3) is 0.800. The Balaban J connectivity index is 1.30. The highest BCUT2D eigenvalue weighted by molar-refractivity contribution is 4.98. The molecule has 0 spiro atoms. The molecule has 3 rings (SSSR count). The molecule has 142 valence electrons. The number of halogens is 1. The average Bonchev–Trinajstić information content (AvgIpc) is 2.67. The molecule has 1 atom stereocenters. The summed E-state index contributed by atoms with van der Waals surface area (Å²) in [5, 5.41) is 0. The molecule has 2 aliphatic heterocycles. The number of hydrogen-bond acceptors (Lipinski definition) is 4. The molecule has 2 saturated heterocycles. The van der Waals surface area contributed by atoms with Crippen LogP contribution in [0.5, 0.6) is 0 Å². The highest BCUT2D eigenvalue weighted by Gasteiger charge is 2.31. The molecule has 0 amide bonds. The Morgan fingerprint density at radius 1 is 1.08 bits per heavy atom. The third-order valence-corrected chi connectivity index (χ3v) is 5.22. The van der Waals surface area contributed by atoms with Gasteiger partial charge >= 0.3 is 0 Å². The van der Waals surface area contributed by atoms with Gasteiger partial charge in [-0.15, -0.1) is 0 Å². The molecule has 0 aromatic heterocycles. The molecule has 0 aromatic carbocycles. The van der Waals surface area contributed by atoms with Crippen LogP contribution in [0.3, 0.4) is 0 Å². The minimum Gasteiger partial charge on any atom is -0.352 e. The molecule has 3 aliphatic rings. The standard InChI is InChI=1S/C20H31FO4/c1-2-3-4-15-11-22-19(23-12-15)10-5-16-13-24-20(25-14-16)17-6-8-18(21)9-7-17/h3-4,8,15-17,19-20H,2,5-7,9-14H2,1H3/b4-3+. The van der Waals surface area contributed by atoms with E-state index in [0.717, 1.165) is 45.3 Å². The van der Waals surface area contributed by atoms with Gasteiger partial charge < -0.3 is 18.9 Å². The first-order valence-electron chi connectivity index (χ1n) is 9.72. The van der Waals surface area contributed by atoms with E-state index in [1.165, 1.54) is 0 Å². The normalized spacial score (nSPS) is 37.2. The van der Waals surface area contributed by atoms with E-state index in [9.17, 15) is 4.39 Å². The number of hydrogen-bond donors (Lipinski definition) is 0. The second-order valence-electron chi connectivity index (χ2n) is 7.36. The van der Waals surface area contributed by atoms with Gasteiger partial charge in [-0.3, -0.25) is 0 Å². The largest absolute Gasteiger partial charge is 0.352 e. The maximum atomic E-state index is 13.1. The van der Waals surface area contributed by atoms with Crippen LogP contribution < -0.4 is 0 Å². The van der Waals surface area contributed by atoms with Crippen molar-refractivity contribution < 1.29 is 23.3 Å². The second-order valence-corrected chi connectivity index (χ2v) is 7.36. The zero-order valence-corrected chi connectivity index (χ0v) is 15.2. The first-order valence-corrected chi connectivity index (χ1v) is 9.72. The van der Waals surface area contributed by atoms with Gasteiger partial charge in [0.25, 0.3) is 0 Å². The summed E-state index contributed by atoms with van der Waals surface area (Å²) in [6.07, 6.45) is 10.7. The zero-order chi connectivity index (χ0) is 17.5. The van der Waals surface area contributed by atoms with E-state index >= 15 is 0 Å². The predicted molar refractivity (Wildman–Crippen MR) is 93.6 cm³/mol. The Morgan fingerprint density at radius 2 is 1.84 bits per heavy atom. The minimum atomic E-state index is -0.172. The maximum Gasteiger partial charge on any atom is 0.160 e. The van der Waals surface area contributed by atoms with E-state index < -0.39 is 0 Å². The van der Waals surface area contributed by atoms with Gasteiger partial charge in [-0.25, -0.2) is 4.39 Å². The maximum absolute atomic E-state index is 13.1. The van der Waals surface area contributed by atoms with Crippen LogP contribution >= 0.6 is 0 Å². The van der Waals surface area contributed by atoms with Crippen molar-refractivity contribution in [2.75, 3.05) is 26.4 Å². The van der Waals surface area contributed by atoms with Crippen LogP contribution in [0.1, 0.15) is 45.4 Å². The fourth-order valence-corrected chi connectivity index (χ4v) is 3.60. The quantitative estimate of drug-likeness (QED) is 0.664. The molecule has 4 nitrogen and oxygen atoms in total. The lowest BCUT2D eigenvalue weighted by Gasteiger charge is -2.35. The van der Waals surface area contributed by atoms with Gasteiger partial charge in [0.1, 0.15) is 0 Å². The molecule has 0 bridgehead atoms. The van der Waals surface area contributed by atoms with Crippen LogP contribution in [-0.4, -0.2) is 39.0 Å². The summed E-state index contributed by atoms with van der Waals surface area (Å²) < 4.78 is 36.5. The molecule has 0 radical (unpaired) electrons. The smallest absolute Gasteiger partial charge is 0.160 e. The van der Waals surface area contributed by atoms with Gasteiger partial charge in [0.15, 0.2) is 12.6 Å². The first-order chi connectivity index (χ1) is 12.2. The summed E-state index contributed by atoms with van der Waals surface area (Å²) in [4.78, 5) is 0. The molecule has 5 heteroatoms. The van der Waals surface area contributed by atoms with Crippen molar-refractivity contribution in [1.82, 2.24) is 0 Å². The Kier molecular flexibility index (Phi) is 7.47. The summed E-state index contributed by atoms with van der Waals surface area (Å²) in [5.41, 5.74) is 0. The van der Waals surface area contributed by atoms with Crippen molar-refractivity contribution in [2.24, 2.45) is 17.8 Å². The van der Waals surface area contributed by atoms with Gasteiger partial charge in [-0.05, 0) is 38.5 Å². The van der Waals surface area contributed by atoms with Gasteiger partial charge in [0, 0.05) is 17.8 Å². The third kappa shape index (κ3) is 5.88. The van der Waals surface area contributed by atoms with Crippen molar-refractivity contribution in [3.63, 3.8) is 0 Å². The Labute approximate surface area is 150 Å². The summed E-state index contributed by atoms with van der Waals surface area (Å²) in [6, 6.07) is 0. The SMILES string of the molecule is CC/C=C/C1COC(CCC2COC(C3CC=C(F)CC3)OC2)OC1. The van der Waals surface area contributed by atoms with Crippen LogP contribution in [-0.2, 0) is 18.9 Å². The van der Waals surface area contributed by atoms with Crippen LogP contribution in [0.25, 0.3) is 0 Å². The van der Waals surface area contributed by atoms with Crippen molar-refractivity contribution in [1.29, 1.82) is 0 Å². The lowest BCUT2D eigenvalue weighted by Crippen LogP contribution is -2.38. The molecular weight excluding hydrogens is 323 g/mol. The van der Waals surface area contributed by atoms with Crippen molar-refractivity contribution in [3.8, 4) is 0 Å². The Hall–Kier alpha value is -0.750. The van der Waals surface area contributed by atoms with Gasteiger partial charge in [-0.1, -0.05) is 25.2 Å². The molecule has 2 heterocycles. The van der Waals surface area contributed by atoms with E-state index in [2.05, 4.69) is 19.1 Å². The third-order valence-electron chi connectivity index (χ3n) is 5.22. The van der Waals surface area contributed by atoms with E-state index in [1.54, 1.807) is 6.08 Å². The van der Waals surface area contributed by atoms with Crippen LogP contribution in [0.2, 0.25) is 0 Å². The highest BCUT2D eigenvalue weighted by Crippen LogP contribution is 2.31. The van der Waals surface area contributed by atoms with Crippen LogP contribution in [0.15, 0.2) is 24.1 Å². The van der Waals surface area contributed by atoms with Crippen molar-refractivity contribution in [2.45, 2.75) is 58.0 Å². The lowest BCUT2D eigenvalue weighted by atomic mass is 9.92. The predicted octanol–water partition coefficient (Wildman–Crippen LogP) is 4.36. The number of ether oxygens (including phenoxy) is 4. The molecule has 0 saturated carbocycles. The second kappa shape index (κ2) is 9.81. The van der Waals surface area contributed by atoms with Crippen molar-refractivity contribution >= 4 is 0 Å². The molecular formula is C20H31FO4. The van der Waals surface area contributed by atoms with E-state index in [0.29, 0.717) is 37.4 Å². The zero-order valence-electron chi connectivity index (χ0n) is 15.2. The van der Waals surface area contributed by atoms with Crippen LogP contribution in [0.4, 0.5) is 4.39 Å². The van der Waals surface area contributed by atoms with E-state index in [-0.39, 0.29) is 18.4 Å². The van der Waals surface area contributed by atoms with E-state index in [4.69, 9.17) is 18.9 Å². The summed E-state index contributed by atoms with van der Waals surface area (Å²) in [6.45, 7) is 5.04. The summed E-state index contributed by atoms with van der Waals surface area (Å²) >= 11 is 0. The monoisotopic (exact) mass is 354 g/mol. The molecule has 1 unspecified atom stereocenters. The van der Waals surface area contributed by atoms with Gasteiger partial charge in [-0.2, -0.15) is 0 Å². The van der Waals surface area contributed by atoms with Gasteiger partial charge in [0.2, 0.25) is 0 Å². The highest BCUT2D eigenvalue weighted by atomic mass is 19.1. The molecule has 1 aliphatic carbocycles. The van der Waals surface area contributed by atoms with Crippen LogP contribution in [0, 0.1) is 17.8 Å². The summed E-state index contributed by atoms with van der Waals surface area (Å²) in [5.74, 6) is 1.06. The number of allylic oxidation sites excluding steroid dienone is 3. The minimum absolute atomic E-state index is 0.00448. The Bertz CT molecular complexity index is 449. The average molecular weight is 354 g/mol. The number of rotatable bonds is 6. The Morgan fingerprint density at radius 3 is 2.48 bits per heavy atom. The van der Waals surface area contributed by atoms with Crippen molar-refractivity contribution in [3.05, 3.63) is 24.1 Å². The summed E-state index contributed by atoms with van der Waals surface area (Å²) in [7, 11) is 0. The lowest BCUT2D eigenvalue weighted by molar-refractivity contribution is -0.232. The fourth-order valence-electron chi connectivity index (χ4n) is 3.60. The first kappa shape index (κ1) is 19.0.